The fraction of sp³-hybridized carbons (Fsp3) is 0.532. The van der Waals surface area contributed by atoms with E-state index in [0.717, 1.165) is 55.7 Å². The summed E-state index contributed by atoms with van der Waals surface area (Å²) in [4.78, 5) is 71.1. The highest BCUT2D eigenvalue weighted by Crippen LogP contribution is 2.42. The molecule has 0 bridgehead atoms. The van der Waals surface area contributed by atoms with E-state index >= 15 is 4.39 Å². The first kappa shape index (κ1) is 60.6. The number of aliphatic carboxylic acids is 2. The van der Waals surface area contributed by atoms with E-state index in [-0.39, 0.29) is 66.7 Å². The van der Waals surface area contributed by atoms with Crippen molar-refractivity contribution in [1.82, 2.24) is 25.4 Å². The Morgan fingerprint density at radius 1 is 0.900 bits per heavy atom. The van der Waals surface area contributed by atoms with Gasteiger partial charge in [-0.1, -0.05) is 57.5 Å². The molecule has 1 unspecified atom stereocenters. The minimum absolute atomic E-state index is 0.0425. The van der Waals surface area contributed by atoms with Crippen molar-refractivity contribution in [3.05, 3.63) is 83.7 Å². The van der Waals surface area contributed by atoms with Gasteiger partial charge in [0.1, 0.15) is 17.4 Å². The van der Waals surface area contributed by atoms with Gasteiger partial charge in [-0.05, 0) is 87.0 Å². The maximum Gasteiger partial charge on any atom is 0.490 e. The van der Waals surface area contributed by atoms with Crippen LogP contribution in [0.4, 0.5) is 35.1 Å². The van der Waals surface area contributed by atoms with Gasteiger partial charge in [-0.25, -0.2) is 18.4 Å². The van der Waals surface area contributed by atoms with Gasteiger partial charge in [-0.3, -0.25) is 14.4 Å². The summed E-state index contributed by atoms with van der Waals surface area (Å²) in [6.45, 7) is 11.5. The third kappa shape index (κ3) is 22.0. The minimum Gasteiger partial charge on any atom is -0.475 e. The Bertz CT molecular complexity index is 2140. The van der Waals surface area contributed by atoms with E-state index in [1.165, 1.54) is 24.8 Å². The molecule has 3 amide bonds. The third-order valence-electron chi connectivity index (χ3n) is 10.6. The standard InChI is InChI=1S/C43H60F2N6O4S.2C2HF3O2/c1-30(52)22-33(12-8-9-17-46)42(55)49-20-19-48-39(53)16-21-56-29-40(54)51(27-32-15-18-47-25-32)41(43(2,3)4)38-23-34(36-24-35(44)13-14-37(36)45)28-50(38)26-31-10-6-5-7-11-31;2*3-2(4,5)1(6)7/h5-7,10-11,13-14,23-24,28,32-33,41,47H,8-9,12,15-22,25-27,29,46H2,1-4H3,(H,48,53)(H,49,55);2*(H,6,7)/t32?,33-,41+;;/m1../s1. The first-order chi connectivity index (χ1) is 32.6. The Morgan fingerprint density at radius 2 is 1.51 bits per heavy atom. The summed E-state index contributed by atoms with van der Waals surface area (Å²) >= 11 is 1.40. The van der Waals surface area contributed by atoms with E-state index in [4.69, 9.17) is 25.5 Å². The summed E-state index contributed by atoms with van der Waals surface area (Å²) in [7, 11) is 0. The molecule has 70 heavy (non-hydrogen) atoms. The number of Topliss-reactive ketones (excluding diaryl/α,β-unsaturated/α-hetero) is 1. The molecule has 1 aliphatic heterocycles. The number of hydrogen-bond donors (Lipinski definition) is 6. The number of carbonyl (C=O) groups excluding carboxylic acids is 4. The van der Waals surface area contributed by atoms with Crippen molar-refractivity contribution in [2.75, 3.05) is 50.8 Å². The van der Waals surface area contributed by atoms with Crippen LogP contribution >= 0.6 is 11.8 Å². The number of unbranched alkanes of at least 4 members (excludes halogenated alkanes) is 1. The monoisotopic (exact) mass is 1020 g/mol. The topological polar surface area (TPSA) is 213 Å². The number of benzene rings is 2. The molecule has 3 aromatic rings. The number of aromatic nitrogens is 1. The predicted molar refractivity (Wildman–Crippen MR) is 247 cm³/mol. The Labute approximate surface area is 405 Å². The maximum atomic E-state index is 15.2. The van der Waals surface area contributed by atoms with Crippen LogP contribution in [0.3, 0.4) is 0 Å². The summed E-state index contributed by atoms with van der Waals surface area (Å²) in [5.41, 5.74) is 7.70. The van der Waals surface area contributed by atoms with Gasteiger partial charge in [-0.2, -0.15) is 38.1 Å². The number of halogens is 8. The van der Waals surface area contributed by atoms with Crippen molar-refractivity contribution in [2.45, 2.75) is 91.2 Å². The van der Waals surface area contributed by atoms with Gasteiger partial charge in [0.05, 0.1) is 11.8 Å². The van der Waals surface area contributed by atoms with Crippen LogP contribution in [0.1, 0.15) is 83.5 Å². The third-order valence-corrected chi connectivity index (χ3v) is 11.5. The smallest absolute Gasteiger partial charge is 0.475 e. The van der Waals surface area contributed by atoms with E-state index in [2.05, 4.69) is 41.3 Å². The first-order valence-corrected chi connectivity index (χ1v) is 23.4. The number of hydrogen-bond acceptors (Lipinski definition) is 9. The normalized spacial score (nSPS) is 14.5. The zero-order valence-electron chi connectivity index (χ0n) is 39.4. The molecule has 390 valence electrons. The van der Waals surface area contributed by atoms with Crippen LogP contribution in [0, 0.1) is 28.9 Å². The number of thioether (sulfide) groups is 1. The number of amides is 3. The van der Waals surface area contributed by atoms with Crippen LogP contribution in [0.15, 0.2) is 60.8 Å². The van der Waals surface area contributed by atoms with Crippen molar-refractivity contribution in [1.29, 1.82) is 0 Å². The summed E-state index contributed by atoms with van der Waals surface area (Å²) in [5.74, 6) is -6.60. The number of nitrogens with one attached hydrogen (secondary N) is 3. The first-order valence-electron chi connectivity index (χ1n) is 22.3. The van der Waals surface area contributed by atoms with Crippen LogP contribution in [-0.2, 0) is 35.3 Å². The molecule has 1 aliphatic rings. The number of nitrogens with zero attached hydrogens (tertiary/aromatic N) is 2. The summed E-state index contributed by atoms with van der Waals surface area (Å²) in [5, 5.41) is 23.3. The Kier molecular flexibility index (Phi) is 25.1. The molecular formula is C47H62F8N6O8S. The average molecular weight is 1020 g/mol. The highest BCUT2D eigenvalue weighted by Gasteiger charge is 2.40. The zero-order chi connectivity index (χ0) is 52.8. The van der Waals surface area contributed by atoms with E-state index in [1.54, 1.807) is 0 Å². The Hall–Kier alpha value is -5.55. The molecule has 0 saturated carbocycles. The lowest BCUT2D eigenvalue weighted by Crippen LogP contribution is -2.45. The maximum absolute atomic E-state index is 15.2. The van der Waals surface area contributed by atoms with Gasteiger partial charge >= 0.3 is 24.3 Å². The SMILES string of the molecule is CC(=O)C[C@@H](CCCCN)C(=O)NCCNC(=O)CCSCC(=O)N(CC1CCNC1)[C@@H](c1cc(-c2cc(F)ccc2F)cn1Cc1ccccc1)C(C)(C)C.O=C(O)C(F)(F)F.O=C(O)C(F)(F)F. The van der Waals surface area contributed by atoms with Crippen molar-refractivity contribution >= 4 is 47.2 Å². The van der Waals surface area contributed by atoms with Gasteiger partial charge in [0, 0.05) is 73.7 Å². The highest BCUT2D eigenvalue weighted by atomic mass is 32.2. The molecule has 7 N–H and O–H groups in total. The number of alkyl halides is 6. The number of carboxylic acid groups (broad SMARTS) is 2. The Morgan fingerprint density at radius 3 is 2.06 bits per heavy atom. The lowest BCUT2D eigenvalue weighted by molar-refractivity contribution is -0.193. The minimum atomic E-state index is -5.08. The second-order valence-corrected chi connectivity index (χ2v) is 18.6. The summed E-state index contributed by atoms with van der Waals surface area (Å²) < 4.78 is 95.1. The van der Waals surface area contributed by atoms with E-state index in [1.807, 2.05) is 47.5 Å². The van der Waals surface area contributed by atoms with E-state index in [9.17, 15) is 49.9 Å². The molecule has 0 radical (unpaired) electrons. The molecule has 1 fully saturated rings. The van der Waals surface area contributed by atoms with Crippen LogP contribution in [0.5, 0.6) is 0 Å². The second kappa shape index (κ2) is 29.0. The zero-order valence-corrected chi connectivity index (χ0v) is 40.2. The van der Waals surface area contributed by atoms with Gasteiger partial charge < -0.3 is 46.2 Å². The molecule has 2 heterocycles. The van der Waals surface area contributed by atoms with E-state index in [0.29, 0.717) is 37.4 Å². The van der Waals surface area contributed by atoms with Gasteiger partial charge in [0.2, 0.25) is 17.7 Å². The molecule has 2 aromatic carbocycles. The van der Waals surface area contributed by atoms with Crippen LogP contribution in [0.2, 0.25) is 0 Å². The van der Waals surface area contributed by atoms with Crippen molar-refractivity contribution in [2.24, 2.45) is 23.0 Å². The lowest BCUT2D eigenvalue weighted by atomic mass is 9.82. The van der Waals surface area contributed by atoms with Crippen LogP contribution in [0.25, 0.3) is 11.1 Å². The molecule has 0 aliphatic carbocycles. The summed E-state index contributed by atoms with van der Waals surface area (Å²) in [6, 6.07) is 14.9. The highest BCUT2D eigenvalue weighted by molar-refractivity contribution is 7.99. The average Bonchev–Trinajstić information content (AvgIpc) is 3.94. The summed E-state index contributed by atoms with van der Waals surface area (Å²) in [6.07, 6.45) is -4.84. The predicted octanol–water partition coefficient (Wildman–Crippen LogP) is 7.35. The fourth-order valence-corrected chi connectivity index (χ4v) is 8.16. The number of ketones is 1. The van der Waals surface area contributed by atoms with E-state index < -0.39 is 53.3 Å². The molecule has 23 heteroatoms. The molecule has 1 saturated heterocycles. The molecule has 14 nitrogen and oxygen atoms in total. The van der Waals surface area contributed by atoms with Crippen molar-refractivity contribution in [3.8, 4) is 11.1 Å². The molecule has 0 spiro atoms. The quantitative estimate of drug-likeness (QED) is 0.0433. The van der Waals surface area contributed by atoms with Crippen molar-refractivity contribution < 1.29 is 74.1 Å². The van der Waals surface area contributed by atoms with Gasteiger partial charge in [0.25, 0.3) is 0 Å². The second-order valence-electron chi connectivity index (χ2n) is 17.5. The van der Waals surface area contributed by atoms with Crippen LogP contribution < -0.4 is 21.7 Å². The lowest BCUT2D eigenvalue weighted by Gasteiger charge is -2.42. The van der Waals surface area contributed by atoms with Gasteiger partial charge in [0.15, 0.2) is 0 Å². The fourth-order valence-electron chi connectivity index (χ4n) is 7.35. The number of rotatable bonds is 22. The largest absolute Gasteiger partial charge is 0.490 e. The molecule has 4 rings (SSSR count). The number of carboxylic acids is 2. The molecule has 3 atom stereocenters. The Balaban J connectivity index is 0.00000104. The van der Waals surface area contributed by atoms with Gasteiger partial charge in [-0.15, -0.1) is 0 Å². The number of nitrogens with two attached hydrogens (primary N) is 1. The molecular weight excluding hydrogens is 961 g/mol. The van der Waals surface area contributed by atoms with Crippen LogP contribution in [-0.4, -0.2) is 118 Å². The molecule has 1 aromatic heterocycles. The number of carbonyl (C=O) groups is 6. The van der Waals surface area contributed by atoms with Crippen molar-refractivity contribution in [3.63, 3.8) is 0 Å².